The first-order valence-electron chi connectivity index (χ1n) is 11.3. The van der Waals surface area contributed by atoms with E-state index in [0.717, 1.165) is 25.2 Å². The summed E-state index contributed by atoms with van der Waals surface area (Å²) < 4.78 is 35.2. The molecular weight excluding hydrogens is 428 g/mol. The van der Waals surface area contributed by atoms with E-state index in [-0.39, 0.29) is 23.4 Å². The summed E-state index contributed by atoms with van der Waals surface area (Å²) in [6.07, 6.45) is 0. The van der Waals surface area contributed by atoms with Gasteiger partial charge in [-0.1, -0.05) is 36.4 Å². The Balaban J connectivity index is 1.53. The van der Waals surface area contributed by atoms with Crippen molar-refractivity contribution < 1.29 is 23.0 Å². The average molecular weight is 462 g/mol. The number of amides is 1. The van der Waals surface area contributed by atoms with Crippen LogP contribution >= 0.6 is 0 Å². The topological polar surface area (TPSA) is 45.2 Å². The minimum Gasteiger partial charge on any atom is -0.490 e. The minimum atomic E-state index is -2.91. The smallest absolute Gasteiger partial charge is 0.387 e. The monoisotopic (exact) mass is 461 g/mol. The summed E-state index contributed by atoms with van der Waals surface area (Å²) in [6.45, 7) is 5.59. The summed E-state index contributed by atoms with van der Waals surface area (Å²) in [5.74, 6) is 0.382. The van der Waals surface area contributed by atoms with Gasteiger partial charge in [0.2, 0.25) is 5.91 Å². The van der Waals surface area contributed by atoms with E-state index in [4.69, 9.17) is 4.74 Å². The van der Waals surface area contributed by atoms with Crippen molar-refractivity contribution in [2.45, 2.75) is 39.6 Å². The van der Waals surface area contributed by atoms with Crippen LogP contribution < -0.4 is 9.47 Å². The first-order chi connectivity index (χ1) is 15.9. The molecule has 1 aliphatic rings. The van der Waals surface area contributed by atoms with Crippen molar-refractivity contribution in [2.24, 2.45) is 0 Å². The molecule has 1 amide bonds. The molecule has 6 nitrogen and oxygen atoms in total. The maximum atomic E-state index is 13.1. The molecule has 1 fully saturated rings. The highest BCUT2D eigenvalue weighted by atomic mass is 19.3. The molecule has 2 aromatic rings. The van der Waals surface area contributed by atoms with Gasteiger partial charge in [0.1, 0.15) is 0 Å². The van der Waals surface area contributed by atoms with Crippen LogP contribution in [-0.2, 0) is 17.9 Å². The molecule has 0 aliphatic carbocycles. The zero-order valence-electron chi connectivity index (χ0n) is 19.5. The number of nitrogens with zero attached hydrogens (tertiary/aromatic N) is 3. The van der Waals surface area contributed by atoms with Gasteiger partial charge in [0.05, 0.1) is 12.6 Å². The molecule has 1 aliphatic heterocycles. The molecule has 3 rings (SSSR count). The van der Waals surface area contributed by atoms with Crippen molar-refractivity contribution >= 4 is 5.91 Å². The van der Waals surface area contributed by atoms with Crippen molar-refractivity contribution in [1.82, 2.24) is 14.7 Å². The van der Waals surface area contributed by atoms with Crippen molar-refractivity contribution in [3.63, 3.8) is 0 Å². The second-order valence-corrected chi connectivity index (χ2v) is 8.27. The van der Waals surface area contributed by atoms with E-state index in [1.54, 1.807) is 19.1 Å². The van der Waals surface area contributed by atoms with Gasteiger partial charge >= 0.3 is 6.61 Å². The summed E-state index contributed by atoms with van der Waals surface area (Å²) in [6, 6.07) is 14.9. The summed E-state index contributed by atoms with van der Waals surface area (Å²) in [7, 11) is 1.89. The standard InChI is InChI=1S/C25H33F2N3O3/c1-4-32-23-16-21(10-11-22(23)33-25(26)27)17-28(3)19(2)24(31)30-14-12-29(13-15-30)18-20-8-6-5-7-9-20/h5-11,16,19,25H,4,12-15,17-18H2,1-3H3. The maximum Gasteiger partial charge on any atom is 0.387 e. The largest absolute Gasteiger partial charge is 0.490 e. The molecule has 8 heteroatoms. The SMILES string of the molecule is CCOc1cc(CN(C)C(C)C(=O)N2CCN(Cc3ccccc3)CC2)ccc1OC(F)F. The lowest BCUT2D eigenvalue weighted by Gasteiger charge is -2.37. The average Bonchev–Trinajstić information content (AvgIpc) is 2.81. The van der Waals surface area contributed by atoms with E-state index in [0.29, 0.717) is 26.2 Å². The van der Waals surface area contributed by atoms with E-state index < -0.39 is 6.61 Å². The molecule has 0 N–H and O–H groups in total. The Morgan fingerprint density at radius 3 is 2.36 bits per heavy atom. The van der Waals surface area contributed by atoms with Crippen molar-refractivity contribution in [1.29, 1.82) is 0 Å². The number of hydrogen-bond acceptors (Lipinski definition) is 5. The molecular formula is C25H33F2N3O3. The lowest BCUT2D eigenvalue weighted by atomic mass is 10.1. The number of likely N-dealkylation sites (N-methyl/N-ethyl adjacent to an activating group) is 1. The van der Waals surface area contributed by atoms with Crippen LogP contribution in [0.25, 0.3) is 0 Å². The molecule has 0 saturated carbocycles. The van der Waals surface area contributed by atoms with Crippen molar-refractivity contribution in [2.75, 3.05) is 39.8 Å². The van der Waals surface area contributed by atoms with Gasteiger partial charge in [-0.2, -0.15) is 8.78 Å². The zero-order chi connectivity index (χ0) is 23.8. The van der Waals surface area contributed by atoms with Gasteiger partial charge in [-0.05, 0) is 44.2 Å². The van der Waals surface area contributed by atoms with Gasteiger partial charge in [-0.3, -0.25) is 14.6 Å². The van der Waals surface area contributed by atoms with E-state index in [2.05, 4.69) is 21.8 Å². The third kappa shape index (κ3) is 7.14. The Morgan fingerprint density at radius 1 is 1.03 bits per heavy atom. The van der Waals surface area contributed by atoms with Crippen LogP contribution in [0.5, 0.6) is 11.5 Å². The van der Waals surface area contributed by atoms with E-state index in [9.17, 15) is 13.6 Å². The number of carbonyl (C=O) groups excluding carboxylic acids is 1. The van der Waals surface area contributed by atoms with Crippen LogP contribution in [0.3, 0.4) is 0 Å². The van der Waals surface area contributed by atoms with Gasteiger partial charge < -0.3 is 14.4 Å². The second-order valence-electron chi connectivity index (χ2n) is 8.27. The lowest BCUT2D eigenvalue weighted by Crippen LogP contribution is -2.53. The molecule has 0 bridgehead atoms. The molecule has 1 atom stereocenters. The van der Waals surface area contributed by atoms with Crippen LogP contribution in [0.2, 0.25) is 0 Å². The van der Waals surface area contributed by atoms with Crippen LogP contribution in [0.15, 0.2) is 48.5 Å². The molecule has 1 saturated heterocycles. The van der Waals surface area contributed by atoms with Crippen molar-refractivity contribution in [3.8, 4) is 11.5 Å². The normalized spacial score (nSPS) is 15.7. The van der Waals surface area contributed by atoms with Gasteiger partial charge in [0.25, 0.3) is 0 Å². The fraction of sp³-hybridized carbons (Fsp3) is 0.480. The zero-order valence-corrected chi connectivity index (χ0v) is 19.5. The Labute approximate surface area is 194 Å². The summed E-state index contributed by atoms with van der Waals surface area (Å²) in [5, 5.41) is 0. The molecule has 2 aromatic carbocycles. The molecule has 180 valence electrons. The first-order valence-corrected chi connectivity index (χ1v) is 11.3. The fourth-order valence-corrected chi connectivity index (χ4v) is 3.96. The summed E-state index contributed by atoms with van der Waals surface area (Å²) in [5.41, 5.74) is 2.14. The highest BCUT2D eigenvalue weighted by Crippen LogP contribution is 2.30. The van der Waals surface area contributed by atoms with Gasteiger partial charge in [0, 0.05) is 39.3 Å². The number of alkyl halides is 2. The third-order valence-corrected chi connectivity index (χ3v) is 5.91. The molecule has 33 heavy (non-hydrogen) atoms. The van der Waals surface area contributed by atoms with Gasteiger partial charge in [-0.15, -0.1) is 0 Å². The Morgan fingerprint density at radius 2 is 1.73 bits per heavy atom. The minimum absolute atomic E-state index is 0.00996. The number of rotatable bonds is 10. The third-order valence-electron chi connectivity index (χ3n) is 5.91. The second kappa shape index (κ2) is 12.0. The number of benzene rings is 2. The highest BCUT2D eigenvalue weighted by molar-refractivity contribution is 5.81. The number of halogens is 2. The Bertz CT molecular complexity index is 890. The molecule has 0 aromatic heterocycles. The number of piperazine rings is 1. The summed E-state index contributed by atoms with van der Waals surface area (Å²) in [4.78, 5) is 19.3. The molecule has 0 radical (unpaired) electrons. The van der Waals surface area contributed by atoms with Crippen molar-refractivity contribution in [3.05, 3.63) is 59.7 Å². The first kappa shape index (κ1) is 24.9. The van der Waals surface area contributed by atoms with Crippen LogP contribution in [0.1, 0.15) is 25.0 Å². The van der Waals surface area contributed by atoms with Crippen LogP contribution in [0, 0.1) is 0 Å². The number of ether oxygens (including phenoxy) is 2. The number of hydrogen-bond donors (Lipinski definition) is 0. The van der Waals surface area contributed by atoms with Crippen LogP contribution in [0.4, 0.5) is 8.78 Å². The predicted molar refractivity (Wildman–Crippen MR) is 123 cm³/mol. The molecule has 1 heterocycles. The van der Waals surface area contributed by atoms with E-state index in [1.165, 1.54) is 11.6 Å². The summed E-state index contributed by atoms with van der Waals surface area (Å²) >= 11 is 0. The van der Waals surface area contributed by atoms with E-state index in [1.807, 2.05) is 42.0 Å². The molecule has 0 spiro atoms. The Kier molecular flexibility index (Phi) is 9.03. The molecule has 1 unspecified atom stereocenters. The van der Waals surface area contributed by atoms with Gasteiger partial charge in [-0.25, -0.2) is 0 Å². The quantitative estimate of drug-likeness (QED) is 0.538. The number of carbonyl (C=O) groups is 1. The maximum absolute atomic E-state index is 13.1. The highest BCUT2D eigenvalue weighted by Gasteiger charge is 2.27. The van der Waals surface area contributed by atoms with Crippen LogP contribution in [-0.4, -0.2) is 73.1 Å². The van der Waals surface area contributed by atoms with Gasteiger partial charge in [0.15, 0.2) is 11.5 Å². The predicted octanol–water partition coefficient (Wildman–Crippen LogP) is 3.85. The Hall–Kier alpha value is -2.71. The lowest BCUT2D eigenvalue weighted by molar-refractivity contribution is -0.138. The van der Waals surface area contributed by atoms with E-state index >= 15 is 0 Å². The fourth-order valence-electron chi connectivity index (χ4n) is 3.96.